The Labute approximate surface area is 195 Å². The molecule has 8 heteroatoms. The predicted octanol–water partition coefficient (Wildman–Crippen LogP) is 4.15. The highest BCUT2D eigenvalue weighted by atomic mass is 35.5. The average molecular weight is 463 g/mol. The summed E-state index contributed by atoms with van der Waals surface area (Å²) in [5.41, 5.74) is 2.03. The van der Waals surface area contributed by atoms with Crippen LogP contribution in [0, 0.1) is 0 Å². The van der Waals surface area contributed by atoms with E-state index in [1.54, 1.807) is 54.6 Å². The number of para-hydroxylation sites is 2. The number of carbonyl (C=O) groups excluding carboxylic acids is 2. The van der Waals surface area contributed by atoms with Crippen LogP contribution < -0.4 is 24.4 Å². The van der Waals surface area contributed by atoms with E-state index in [0.29, 0.717) is 33.5 Å². The van der Waals surface area contributed by atoms with E-state index in [1.807, 2.05) is 18.2 Å². The number of hydrogen-bond acceptors (Lipinski definition) is 5. The predicted molar refractivity (Wildman–Crippen MR) is 123 cm³/mol. The first-order valence-corrected chi connectivity index (χ1v) is 10.7. The van der Waals surface area contributed by atoms with E-state index in [2.05, 4.69) is 5.32 Å². The molecule has 0 bridgehead atoms. The number of nitrogens with one attached hydrogen (secondary N) is 1. The Kier molecular flexibility index (Phi) is 5.62. The number of benzene rings is 3. The number of fused-ring (bicyclic) bond motifs is 2. The molecule has 0 atom stereocenters. The van der Waals surface area contributed by atoms with Crippen LogP contribution in [0.3, 0.4) is 0 Å². The second-order valence-electron chi connectivity index (χ2n) is 7.46. The van der Waals surface area contributed by atoms with Gasteiger partial charge in [-0.25, -0.2) is 0 Å². The third-order valence-electron chi connectivity index (χ3n) is 5.25. The maximum atomic E-state index is 13.2. The lowest BCUT2D eigenvalue weighted by Gasteiger charge is -2.30. The average Bonchev–Trinajstić information content (AvgIpc) is 3.30. The molecule has 2 aliphatic rings. The number of rotatable bonds is 5. The molecule has 7 nitrogen and oxygen atoms in total. The first kappa shape index (κ1) is 20.9. The zero-order valence-corrected chi connectivity index (χ0v) is 18.2. The van der Waals surface area contributed by atoms with E-state index in [-0.39, 0.29) is 31.5 Å². The zero-order chi connectivity index (χ0) is 22.8. The summed E-state index contributed by atoms with van der Waals surface area (Å²) in [7, 11) is 0. The number of ether oxygens (including phenoxy) is 3. The molecule has 5 rings (SSSR count). The summed E-state index contributed by atoms with van der Waals surface area (Å²) in [5.74, 6) is 1.16. The zero-order valence-electron chi connectivity index (χ0n) is 17.4. The van der Waals surface area contributed by atoms with Crippen molar-refractivity contribution < 1.29 is 23.8 Å². The summed E-state index contributed by atoms with van der Waals surface area (Å²) in [6.07, 6.45) is 1.58. The molecule has 2 heterocycles. The van der Waals surface area contributed by atoms with Crippen molar-refractivity contribution in [2.75, 3.05) is 18.2 Å². The van der Waals surface area contributed by atoms with Crippen LogP contribution in [-0.4, -0.2) is 25.2 Å². The summed E-state index contributed by atoms with van der Waals surface area (Å²) in [6, 6.07) is 19.7. The largest absolute Gasteiger partial charge is 0.454 e. The summed E-state index contributed by atoms with van der Waals surface area (Å²) in [6.45, 7) is 0.315. The molecule has 2 aliphatic heterocycles. The van der Waals surface area contributed by atoms with Gasteiger partial charge in [0.25, 0.3) is 5.91 Å². The minimum atomic E-state index is -0.424. The minimum Gasteiger partial charge on any atom is -0.454 e. The lowest BCUT2D eigenvalue weighted by molar-refractivity contribution is -0.123. The monoisotopic (exact) mass is 462 g/mol. The van der Waals surface area contributed by atoms with Crippen LogP contribution in [0.1, 0.15) is 11.1 Å². The molecule has 0 radical (unpaired) electrons. The molecule has 0 aromatic heterocycles. The molecule has 0 spiro atoms. The SMILES string of the molecule is O=C(CN1C(=O)C(=Cc2ccccc2Cl)Oc2ccccc21)NCc1ccc2c(c1)OCO2. The van der Waals surface area contributed by atoms with E-state index >= 15 is 0 Å². The van der Waals surface area contributed by atoms with Gasteiger partial charge in [-0.15, -0.1) is 0 Å². The van der Waals surface area contributed by atoms with Gasteiger partial charge in [0, 0.05) is 11.6 Å². The van der Waals surface area contributed by atoms with Crippen molar-refractivity contribution in [3.05, 3.63) is 88.6 Å². The molecule has 166 valence electrons. The lowest BCUT2D eigenvalue weighted by atomic mass is 10.1. The molecule has 3 aromatic carbocycles. The van der Waals surface area contributed by atoms with Crippen LogP contribution >= 0.6 is 11.6 Å². The van der Waals surface area contributed by atoms with Gasteiger partial charge < -0.3 is 19.5 Å². The normalized spacial score (nSPS) is 15.2. The van der Waals surface area contributed by atoms with E-state index in [9.17, 15) is 9.59 Å². The van der Waals surface area contributed by atoms with E-state index in [1.165, 1.54) is 4.90 Å². The van der Waals surface area contributed by atoms with Gasteiger partial charge in [-0.05, 0) is 47.5 Å². The van der Waals surface area contributed by atoms with Crippen molar-refractivity contribution in [2.24, 2.45) is 0 Å². The highest BCUT2D eigenvalue weighted by molar-refractivity contribution is 6.32. The van der Waals surface area contributed by atoms with Gasteiger partial charge in [0.05, 0.1) is 5.69 Å². The first-order chi connectivity index (χ1) is 16.1. The Morgan fingerprint density at radius 3 is 2.67 bits per heavy atom. The van der Waals surface area contributed by atoms with Gasteiger partial charge in [0.2, 0.25) is 12.7 Å². The standard InChI is InChI=1S/C25H19ClN2O5/c26-18-6-2-1-5-17(18)12-23-25(30)28(19-7-3-4-8-20(19)33-23)14-24(29)27-13-16-9-10-21-22(11-16)32-15-31-21/h1-12H,13-15H2,(H,27,29). The molecule has 3 aromatic rings. The Morgan fingerprint density at radius 2 is 1.79 bits per heavy atom. The maximum Gasteiger partial charge on any atom is 0.294 e. The van der Waals surface area contributed by atoms with Crippen molar-refractivity contribution in [1.29, 1.82) is 0 Å². The van der Waals surface area contributed by atoms with Crippen LogP contribution in [0.2, 0.25) is 5.02 Å². The molecule has 0 saturated carbocycles. The fraction of sp³-hybridized carbons (Fsp3) is 0.120. The Morgan fingerprint density at radius 1 is 1.00 bits per heavy atom. The topological polar surface area (TPSA) is 77.1 Å². The number of hydrogen-bond donors (Lipinski definition) is 1. The van der Waals surface area contributed by atoms with Crippen LogP contribution in [-0.2, 0) is 16.1 Å². The molecule has 2 amide bonds. The van der Waals surface area contributed by atoms with E-state index < -0.39 is 5.91 Å². The van der Waals surface area contributed by atoms with Crippen LogP contribution in [0.25, 0.3) is 6.08 Å². The molecule has 0 aliphatic carbocycles. The quantitative estimate of drug-likeness (QED) is 0.576. The summed E-state index contributed by atoms with van der Waals surface area (Å²) < 4.78 is 16.5. The number of nitrogens with zero attached hydrogens (tertiary/aromatic N) is 1. The van der Waals surface area contributed by atoms with Gasteiger partial charge in [-0.2, -0.15) is 0 Å². The second-order valence-corrected chi connectivity index (χ2v) is 7.86. The Hall–Kier alpha value is -3.97. The molecule has 0 unspecified atom stereocenters. The Bertz CT molecular complexity index is 1270. The summed E-state index contributed by atoms with van der Waals surface area (Å²) in [4.78, 5) is 27.4. The molecule has 33 heavy (non-hydrogen) atoms. The van der Waals surface area contributed by atoms with Crippen molar-refractivity contribution in [3.8, 4) is 17.2 Å². The maximum absolute atomic E-state index is 13.2. The number of anilines is 1. The van der Waals surface area contributed by atoms with Gasteiger partial charge in [-0.3, -0.25) is 14.5 Å². The van der Waals surface area contributed by atoms with Gasteiger partial charge in [0.15, 0.2) is 23.0 Å². The van der Waals surface area contributed by atoms with Crippen LogP contribution in [0.15, 0.2) is 72.5 Å². The minimum absolute atomic E-state index is 0.0883. The van der Waals surface area contributed by atoms with Crippen molar-refractivity contribution in [3.63, 3.8) is 0 Å². The van der Waals surface area contributed by atoms with Gasteiger partial charge >= 0.3 is 0 Å². The molecule has 0 fully saturated rings. The lowest BCUT2D eigenvalue weighted by Crippen LogP contribution is -2.44. The summed E-state index contributed by atoms with van der Waals surface area (Å²) in [5, 5.41) is 3.35. The second kappa shape index (κ2) is 8.88. The Balaban J connectivity index is 1.34. The van der Waals surface area contributed by atoms with Crippen LogP contribution in [0.5, 0.6) is 17.2 Å². The number of amides is 2. The van der Waals surface area contributed by atoms with E-state index in [0.717, 1.165) is 5.56 Å². The van der Waals surface area contributed by atoms with Crippen molar-refractivity contribution in [1.82, 2.24) is 5.32 Å². The number of halogens is 1. The molecule has 1 N–H and O–H groups in total. The van der Waals surface area contributed by atoms with Gasteiger partial charge in [0.1, 0.15) is 6.54 Å². The van der Waals surface area contributed by atoms with Crippen molar-refractivity contribution >= 4 is 35.2 Å². The van der Waals surface area contributed by atoms with Gasteiger partial charge in [-0.1, -0.05) is 48.0 Å². The highest BCUT2D eigenvalue weighted by Crippen LogP contribution is 2.36. The fourth-order valence-electron chi connectivity index (χ4n) is 3.60. The van der Waals surface area contributed by atoms with Crippen molar-refractivity contribution in [2.45, 2.75) is 6.54 Å². The fourth-order valence-corrected chi connectivity index (χ4v) is 3.79. The third-order valence-corrected chi connectivity index (χ3v) is 5.60. The summed E-state index contributed by atoms with van der Waals surface area (Å²) >= 11 is 6.24. The molecular weight excluding hydrogens is 444 g/mol. The smallest absolute Gasteiger partial charge is 0.294 e. The third kappa shape index (κ3) is 4.36. The highest BCUT2D eigenvalue weighted by Gasteiger charge is 2.31. The molecule has 0 saturated heterocycles. The van der Waals surface area contributed by atoms with Crippen LogP contribution in [0.4, 0.5) is 5.69 Å². The molecular formula is C25H19ClN2O5. The first-order valence-electron chi connectivity index (χ1n) is 10.3. The number of carbonyl (C=O) groups is 2. The van der Waals surface area contributed by atoms with E-state index in [4.69, 9.17) is 25.8 Å².